The number of aromatic carboxylic acids is 1. The Labute approximate surface area is 112 Å². The van der Waals surface area contributed by atoms with Gasteiger partial charge in [0.1, 0.15) is 0 Å². The molecule has 0 bridgehead atoms. The number of carboxylic acids is 1. The monoisotopic (exact) mass is 265 g/mol. The van der Waals surface area contributed by atoms with Gasteiger partial charge in [0, 0.05) is 33.9 Å². The van der Waals surface area contributed by atoms with Crippen LogP contribution in [0.5, 0.6) is 0 Å². The van der Waals surface area contributed by atoms with Gasteiger partial charge in [-0.15, -0.1) is 0 Å². The van der Waals surface area contributed by atoms with Crippen molar-refractivity contribution in [2.24, 2.45) is 0 Å². The van der Waals surface area contributed by atoms with E-state index in [1.54, 1.807) is 26.4 Å². The second-order valence-electron chi connectivity index (χ2n) is 4.70. The van der Waals surface area contributed by atoms with Crippen molar-refractivity contribution in [1.29, 1.82) is 0 Å². The van der Waals surface area contributed by atoms with Crippen molar-refractivity contribution in [3.05, 3.63) is 35.4 Å². The van der Waals surface area contributed by atoms with E-state index in [0.717, 1.165) is 18.7 Å². The Morgan fingerprint density at radius 2 is 1.84 bits per heavy atom. The molecule has 0 radical (unpaired) electrons. The topological polar surface area (TPSA) is 59.0 Å². The minimum atomic E-state index is -0.888. The van der Waals surface area contributed by atoms with E-state index in [9.17, 15) is 4.79 Å². The molecule has 5 nitrogen and oxygen atoms in total. The molecule has 19 heavy (non-hydrogen) atoms. The van der Waals surface area contributed by atoms with Crippen molar-refractivity contribution >= 4 is 5.97 Å². The van der Waals surface area contributed by atoms with Gasteiger partial charge in [0.05, 0.1) is 17.8 Å². The van der Waals surface area contributed by atoms with Gasteiger partial charge in [-0.3, -0.25) is 4.90 Å². The highest BCUT2D eigenvalue weighted by Crippen LogP contribution is 2.20. The van der Waals surface area contributed by atoms with Crippen molar-refractivity contribution in [2.45, 2.75) is 18.8 Å². The van der Waals surface area contributed by atoms with Crippen molar-refractivity contribution in [2.75, 3.05) is 27.3 Å². The predicted molar refractivity (Wildman–Crippen MR) is 70.3 cm³/mol. The molecule has 1 fully saturated rings. The van der Waals surface area contributed by atoms with Gasteiger partial charge < -0.3 is 14.6 Å². The molecule has 0 amide bonds. The van der Waals surface area contributed by atoms with Gasteiger partial charge in [0.2, 0.25) is 0 Å². The van der Waals surface area contributed by atoms with Gasteiger partial charge in [-0.05, 0) is 11.6 Å². The Balaban J connectivity index is 2.08. The second-order valence-corrected chi connectivity index (χ2v) is 4.70. The highest BCUT2D eigenvalue weighted by Gasteiger charge is 2.33. The minimum Gasteiger partial charge on any atom is -0.478 e. The lowest BCUT2D eigenvalue weighted by atomic mass is 10.1. The normalized spacial score (nSPS) is 23.7. The lowest BCUT2D eigenvalue weighted by Gasteiger charge is -2.16. The third-order valence-corrected chi connectivity index (χ3v) is 3.54. The Hall–Kier alpha value is -1.43. The van der Waals surface area contributed by atoms with Crippen LogP contribution in [0.25, 0.3) is 0 Å². The summed E-state index contributed by atoms with van der Waals surface area (Å²) in [4.78, 5) is 13.3. The molecule has 5 heteroatoms. The molecule has 1 saturated heterocycles. The summed E-state index contributed by atoms with van der Waals surface area (Å²) in [5.74, 6) is -0.888. The van der Waals surface area contributed by atoms with Crippen molar-refractivity contribution < 1.29 is 19.4 Å². The van der Waals surface area contributed by atoms with Crippen LogP contribution in [0.2, 0.25) is 0 Å². The number of benzene rings is 1. The molecule has 2 atom stereocenters. The Kier molecular flexibility index (Phi) is 4.52. The zero-order chi connectivity index (χ0) is 13.8. The van der Waals surface area contributed by atoms with Crippen molar-refractivity contribution in [1.82, 2.24) is 4.90 Å². The van der Waals surface area contributed by atoms with E-state index in [2.05, 4.69) is 4.90 Å². The Morgan fingerprint density at radius 3 is 2.37 bits per heavy atom. The number of carboxylic acid groups (broad SMARTS) is 1. The van der Waals surface area contributed by atoms with Gasteiger partial charge in [-0.25, -0.2) is 4.79 Å². The van der Waals surface area contributed by atoms with Gasteiger partial charge in [-0.2, -0.15) is 0 Å². The fourth-order valence-electron chi connectivity index (χ4n) is 2.51. The van der Waals surface area contributed by atoms with Crippen LogP contribution >= 0.6 is 0 Å². The largest absolute Gasteiger partial charge is 0.478 e. The maximum atomic E-state index is 11.2. The summed E-state index contributed by atoms with van der Waals surface area (Å²) in [5, 5.41) is 9.17. The standard InChI is InChI=1S/C14H19NO4/c1-18-12-8-15(9-13(12)19-2)7-10-5-3-4-6-11(10)14(16)17/h3-6,12-13H,7-9H2,1-2H3,(H,16,17). The quantitative estimate of drug-likeness (QED) is 0.867. The number of hydrogen-bond donors (Lipinski definition) is 1. The first-order chi connectivity index (χ1) is 9.15. The molecule has 1 heterocycles. The van der Waals surface area contributed by atoms with Crippen LogP contribution in [0.3, 0.4) is 0 Å². The Morgan fingerprint density at radius 1 is 1.26 bits per heavy atom. The molecule has 2 rings (SSSR count). The molecule has 0 aliphatic carbocycles. The molecule has 0 saturated carbocycles. The number of carbonyl (C=O) groups is 1. The lowest BCUT2D eigenvalue weighted by molar-refractivity contribution is -0.00461. The van der Waals surface area contributed by atoms with Gasteiger partial charge in [-0.1, -0.05) is 18.2 Å². The first kappa shape index (κ1) is 14.0. The van der Waals surface area contributed by atoms with Crippen molar-refractivity contribution in [3.8, 4) is 0 Å². The number of methoxy groups -OCH3 is 2. The molecule has 1 N–H and O–H groups in total. The molecular weight excluding hydrogens is 246 g/mol. The Bertz CT molecular complexity index is 437. The molecule has 1 aliphatic rings. The van der Waals surface area contributed by atoms with Crippen LogP contribution in [0.15, 0.2) is 24.3 Å². The number of likely N-dealkylation sites (tertiary alicyclic amines) is 1. The van der Waals surface area contributed by atoms with Crippen LogP contribution in [-0.4, -0.2) is 55.5 Å². The second kappa shape index (κ2) is 6.14. The van der Waals surface area contributed by atoms with E-state index in [0.29, 0.717) is 12.1 Å². The number of hydrogen-bond acceptors (Lipinski definition) is 4. The highest BCUT2D eigenvalue weighted by molar-refractivity contribution is 5.89. The molecule has 1 aromatic rings. The molecule has 104 valence electrons. The lowest BCUT2D eigenvalue weighted by Crippen LogP contribution is -2.27. The first-order valence-electron chi connectivity index (χ1n) is 6.25. The summed E-state index contributed by atoms with van der Waals surface area (Å²) < 4.78 is 10.8. The van der Waals surface area contributed by atoms with E-state index in [4.69, 9.17) is 14.6 Å². The predicted octanol–water partition coefficient (Wildman–Crippen LogP) is 1.23. The first-order valence-corrected chi connectivity index (χ1v) is 6.25. The maximum Gasteiger partial charge on any atom is 0.336 e. The zero-order valence-electron chi connectivity index (χ0n) is 11.2. The molecular formula is C14H19NO4. The third kappa shape index (κ3) is 3.12. The number of ether oxygens (including phenoxy) is 2. The summed E-state index contributed by atoms with van der Waals surface area (Å²) in [5.41, 5.74) is 1.18. The minimum absolute atomic E-state index is 0.0435. The molecule has 0 spiro atoms. The van der Waals surface area contributed by atoms with Gasteiger partial charge in [0.25, 0.3) is 0 Å². The summed E-state index contributed by atoms with van der Waals surface area (Å²) in [6, 6.07) is 7.09. The van der Waals surface area contributed by atoms with Crippen molar-refractivity contribution in [3.63, 3.8) is 0 Å². The highest BCUT2D eigenvalue weighted by atomic mass is 16.5. The van der Waals surface area contributed by atoms with E-state index in [1.807, 2.05) is 12.1 Å². The van der Waals surface area contributed by atoms with E-state index in [-0.39, 0.29) is 12.2 Å². The number of rotatable bonds is 5. The summed E-state index contributed by atoms with van der Waals surface area (Å²) in [6.45, 7) is 2.11. The van der Waals surface area contributed by atoms with E-state index < -0.39 is 5.97 Å². The smallest absolute Gasteiger partial charge is 0.336 e. The summed E-state index contributed by atoms with van der Waals surface area (Å²) in [6.07, 6.45) is 0.0870. The van der Waals surface area contributed by atoms with Crippen LogP contribution in [0.4, 0.5) is 0 Å². The van der Waals surface area contributed by atoms with E-state index >= 15 is 0 Å². The summed E-state index contributed by atoms with van der Waals surface area (Å²) >= 11 is 0. The molecule has 0 aromatic heterocycles. The van der Waals surface area contributed by atoms with E-state index in [1.165, 1.54) is 0 Å². The zero-order valence-corrected chi connectivity index (χ0v) is 11.2. The SMILES string of the molecule is COC1CN(Cc2ccccc2C(=O)O)CC1OC. The number of nitrogens with zero attached hydrogens (tertiary/aromatic N) is 1. The maximum absolute atomic E-state index is 11.2. The molecule has 1 aliphatic heterocycles. The fraction of sp³-hybridized carbons (Fsp3) is 0.500. The van der Waals surface area contributed by atoms with Gasteiger partial charge >= 0.3 is 5.97 Å². The van der Waals surface area contributed by atoms with Crippen LogP contribution in [-0.2, 0) is 16.0 Å². The van der Waals surface area contributed by atoms with Crippen LogP contribution in [0, 0.1) is 0 Å². The molecule has 2 unspecified atom stereocenters. The fourth-order valence-corrected chi connectivity index (χ4v) is 2.51. The third-order valence-electron chi connectivity index (χ3n) is 3.54. The van der Waals surface area contributed by atoms with Crippen LogP contribution < -0.4 is 0 Å². The average Bonchev–Trinajstić information content (AvgIpc) is 2.81. The molecule has 1 aromatic carbocycles. The van der Waals surface area contributed by atoms with Gasteiger partial charge in [0.15, 0.2) is 0 Å². The summed E-state index contributed by atoms with van der Waals surface area (Å²) in [7, 11) is 3.34. The average molecular weight is 265 g/mol. The van der Waals surface area contributed by atoms with Crippen LogP contribution in [0.1, 0.15) is 15.9 Å².